The van der Waals surface area contributed by atoms with E-state index < -0.39 is 5.82 Å². The molecule has 7 heteroatoms. The first-order chi connectivity index (χ1) is 10.2. The molecule has 4 nitrogen and oxygen atoms in total. The van der Waals surface area contributed by atoms with Gasteiger partial charge in [-0.25, -0.2) is 4.39 Å². The molecule has 1 aromatic heterocycles. The molecule has 0 saturated carbocycles. The van der Waals surface area contributed by atoms with Gasteiger partial charge < -0.3 is 0 Å². The Morgan fingerprint density at radius 2 is 1.52 bits per heavy atom. The highest BCUT2D eigenvalue weighted by Crippen LogP contribution is 2.28. The van der Waals surface area contributed by atoms with Gasteiger partial charge in [0.2, 0.25) is 11.6 Å². The lowest BCUT2D eigenvalue weighted by Crippen LogP contribution is -2.01. The molecule has 0 radical (unpaired) electrons. The molecule has 0 atom stereocenters. The van der Waals surface area contributed by atoms with Crippen LogP contribution in [0.1, 0.15) is 0 Å². The maximum atomic E-state index is 13.8. The predicted octanol–water partition coefficient (Wildman–Crippen LogP) is 4.16. The molecule has 3 rings (SSSR count). The van der Waals surface area contributed by atoms with E-state index in [1.807, 2.05) is 24.3 Å². The summed E-state index contributed by atoms with van der Waals surface area (Å²) in [4.78, 5) is 0. The Kier molecular flexibility index (Phi) is 3.90. The van der Waals surface area contributed by atoms with Crippen molar-refractivity contribution in [2.45, 2.75) is 0 Å². The van der Waals surface area contributed by atoms with Gasteiger partial charge in [-0.15, -0.1) is 20.4 Å². The zero-order chi connectivity index (χ0) is 14.8. The van der Waals surface area contributed by atoms with Crippen LogP contribution in [0.15, 0.2) is 46.9 Å². The number of aromatic nitrogens is 4. The van der Waals surface area contributed by atoms with Crippen molar-refractivity contribution in [1.29, 1.82) is 0 Å². The van der Waals surface area contributed by atoms with Crippen molar-refractivity contribution in [3.05, 3.63) is 57.8 Å². The number of hydrogen-bond donors (Lipinski definition) is 0. The molecule has 0 amide bonds. The molecule has 104 valence electrons. The molecule has 0 unspecified atom stereocenters. The SMILES string of the molecule is Fc1cccc(Cl)c1-c1nnc(-c2ccccc2Br)nn1. The second-order valence-electron chi connectivity index (χ2n) is 4.12. The molecule has 0 aliphatic rings. The molecule has 0 bridgehead atoms. The predicted molar refractivity (Wildman–Crippen MR) is 81.2 cm³/mol. The number of nitrogens with zero attached hydrogens (tertiary/aromatic N) is 4. The molecule has 0 N–H and O–H groups in total. The zero-order valence-corrected chi connectivity index (χ0v) is 12.8. The molecule has 3 aromatic rings. The lowest BCUT2D eigenvalue weighted by Gasteiger charge is -2.04. The molecule has 0 fully saturated rings. The van der Waals surface area contributed by atoms with Crippen molar-refractivity contribution < 1.29 is 4.39 Å². The Hall–Kier alpha value is -1.92. The van der Waals surface area contributed by atoms with Gasteiger partial charge in [-0.05, 0) is 24.3 Å². The fourth-order valence-electron chi connectivity index (χ4n) is 1.79. The molecular formula is C14H7BrClFN4. The lowest BCUT2D eigenvalue weighted by molar-refractivity contribution is 0.628. The van der Waals surface area contributed by atoms with Crippen molar-refractivity contribution in [3.63, 3.8) is 0 Å². The molecular weight excluding hydrogens is 359 g/mol. The Bertz CT molecular complexity index is 775. The summed E-state index contributed by atoms with van der Waals surface area (Å²) in [6.45, 7) is 0. The standard InChI is InChI=1S/C14H7BrClFN4/c15-9-5-2-1-4-8(9)13-18-20-14(21-19-13)12-10(16)6-3-7-11(12)17/h1-7H. The fourth-order valence-corrected chi connectivity index (χ4v) is 2.50. The Labute approximate surface area is 133 Å². The van der Waals surface area contributed by atoms with E-state index in [1.54, 1.807) is 6.07 Å². The quantitative estimate of drug-likeness (QED) is 0.684. The third-order valence-corrected chi connectivity index (χ3v) is 3.79. The highest BCUT2D eigenvalue weighted by molar-refractivity contribution is 9.10. The van der Waals surface area contributed by atoms with Crippen LogP contribution < -0.4 is 0 Å². The average Bonchev–Trinajstić information content (AvgIpc) is 2.48. The maximum absolute atomic E-state index is 13.8. The van der Waals surface area contributed by atoms with Crippen molar-refractivity contribution in [3.8, 4) is 22.8 Å². The number of benzene rings is 2. The largest absolute Gasteiger partial charge is 0.208 e. The van der Waals surface area contributed by atoms with Gasteiger partial charge in [-0.3, -0.25) is 0 Å². The van der Waals surface area contributed by atoms with E-state index in [-0.39, 0.29) is 16.4 Å². The van der Waals surface area contributed by atoms with E-state index in [2.05, 4.69) is 36.3 Å². The normalized spacial score (nSPS) is 10.6. The van der Waals surface area contributed by atoms with E-state index in [4.69, 9.17) is 11.6 Å². The van der Waals surface area contributed by atoms with Crippen molar-refractivity contribution in [2.24, 2.45) is 0 Å². The highest BCUT2D eigenvalue weighted by Gasteiger charge is 2.14. The molecule has 0 spiro atoms. The van der Waals surface area contributed by atoms with E-state index in [1.165, 1.54) is 12.1 Å². The third-order valence-electron chi connectivity index (χ3n) is 2.78. The lowest BCUT2D eigenvalue weighted by atomic mass is 10.2. The maximum Gasteiger partial charge on any atom is 0.208 e. The molecule has 21 heavy (non-hydrogen) atoms. The Morgan fingerprint density at radius 1 is 0.857 bits per heavy atom. The fraction of sp³-hybridized carbons (Fsp3) is 0. The highest BCUT2D eigenvalue weighted by atomic mass is 79.9. The van der Waals surface area contributed by atoms with Crippen LogP contribution in [0, 0.1) is 5.82 Å². The second kappa shape index (κ2) is 5.83. The minimum absolute atomic E-state index is 0.0499. The van der Waals surface area contributed by atoms with Gasteiger partial charge in [0.05, 0.1) is 10.6 Å². The van der Waals surface area contributed by atoms with Gasteiger partial charge in [-0.1, -0.05) is 45.7 Å². The smallest absolute Gasteiger partial charge is 0.206 e. The first kappa shape index (κ1) is 14.0. The van der Waals surface area contributed by atoms with E-state index in [0.717, 1.165) is 10.0 Å². The van der Waals surface area contributed by atoms with Gasteiger partial charge in [-0.2, -0.15) is 0 Å². The van der Waals surface area contributed by atoms with Crippen molar-refractivity contribution >= 4 is 27.5 Å². The van der Waals surface area contributed by atoms with Gasteiger partial charge in [0, 0.05) is 10.0 Å². The van der Waals surface area contributed by atoms with Crippen LogP contribution in [0.3, 0.4) is 0 Å². The summed E-state index contributed by atoms with van der Waals surface area (Å²) in [7, 11) is 0. The number of rotatable bonds is 2. The third kappa shape index (κ3) is 2.77. The van der Waals surface area contributed by atoms with Crippen LogP contribution in [-0.2, 0) is 0 Å². The molecule has 2 aromatic carbocycles. The second-order valence-corrected chi connectivity index (χ2v) is 5.39. The van der Waals surface area contributed by atoms with Crippen LogP contribution in [-0.4, -0.2) is 20.4 Å². The Morgan fingerprint density at radius 3 is 2.19 bits per heavy atom. The molecule has 0 aliphatic heterocycles. The van der Waals surface area contributed by atoms with Crippen LogP contribution in [0.5, 0.6) is 0 Å². The van der Waals surface area contributed by atoms with E-state index in [9.17, 15) is 4.39 Å². The first-order valence-electron chi connectivity index (χ1n) is 5.93. The summed E-state index contributed by atoms with van der Waals surface area (Å²) < 4.78 is 14.6. The summed E-state index contributed by atoms with van der Waals surface area (Å²) in [5.74, 6) is -0.118. The summed E-state index contributed by atoms with van der Waals surface area (Å²) in [6, 6.07) is 11.8. The number of hydrogen-bond acceptors (Lipinski definition) is 4. The van der Waals surface area contributed by atoms with Crippen molar-refractivity contribution in [1.82, 2.24) is 20.4 Å². The summed E-state index contributed by atoms with van der Waals surface area (Å²) >= 11 is 9.37. The van der Waals surface area contributed by atoms with Gasteiger partial charge >= 0.3 is 0 Å². The molecule has 0 aliphatic carbocycles. The molecule has 0 saturated heterocycles. The average molecular weight is 366 g/mol. The van der Waals surface area contributed by atoms with E-state index >= 15 is 0 Å². The topological polar surface area (TPSA) is 51.6 Å². The number of halogens is 3. The van der Waals surface area contributed by atoms with Gasteiger partial charge in [0.15, 0.2) is 0 Å². The van der Waals surface area contributed by atoms with Crippen LogP contribution in [0.25, 0.3) is 22.8 Å². The minimum Gasteiger partial charge on any atom is -0.206 e. The van der Waals surface area contributed by atoms with Gasteiger partial charge in [0.1, 0.15) is 5.82 Å². The minimum atomic E-state index is -0.514. The zero-order valence-electron chi connectivity index (χ0n) is 10.5. The first-order valence-corrected chi connectivity index (χ1v) is 7.10. The van der Waals surface area contributed by atoms with Crippen molar-refractivity contribution in [2.75, 3.05) is 0 Å². The van der Waals surface area contributed by atoms with E-state index in [0.29, 0.717) is 5.82 Å². The summed E-state index contributed by atoms with van der Waals surface area (Å²) in [5.41, 5.74) is 0.849. The Balaban J connectivity index is 2.04. The van der Waals surface area contributed by atoms with Crippen LogP contribution in [0.4, 0.5) is 4.39 Å². The summed E-state index contributed by atoms with van der Waals surface area (Å²) in [5, 5.41) is 16.0. The molecule has 1 heterocycles. The monoisotopic (exact) mass is 364 g/mol. The van der Waals surface area contributed by atoms with Crippen LogP contribution in [0.2, 0.25) is 5.02 Å². The summed E-state index contributed by atoms with van der Waals surface area (Å²) in [6.07, 6.45) is 0. The van der Waals surface area contributed by atoms with Gasteiger partial charge in [0.25, 0.3) is 0 Å². The van der Waals surface area contributed by atoms with Crippen LogP contribution >= 0.6 is 27.5 Å².